The second-order valence-corrected chi connectivity index (χ2v) is 7.60. The maximum absolute atomic E-state index is 13.4. The van der Waals surface area contributed by atoms with E-state index in [0.717, 1.165) is 24.8 Å². The molecule has 1 amide bonds. The molecule has 2 N–H and O–H groups in total. The summed E-state index contributed by atoms with van der Waals surface area (Å²) in [4.78, 5) is 17.8. The van der Waals surface area contributed by atoms with E-state index in [2.05, 4.69) is 15.6 Å². The van der Waals surface area contributed by atoms with Crippen molar-refractivity contribution in [3.63, 3.8) is 0 Å². The average molecular weight is 413 g/mol. The van der Waals surface area contributed by atoms with E-state index in [4.69, 9.17) is 16.3 Å². The third-order valence-corrected chi connectivity index (χ3v) is 5.10. The molecule has 2 rings (SSSR count). The summed E-state index contributed by atoms with van der Waals surface area (Å²) in [6, 6.07) is 4.56. The molecule has 0 aliphatic heterocycles. The van der Waals surface area contributed by atoms with Gasteiger partial charge in [0.2, 0.25) is 5.91 Å². The number of carbonyl (C=O) groups excluding carboxylic acids is 1. The fraction of sp³-hybridized carbons (Fsp3) is 0.600. The van der Waals surface area contributed by atoms with Crippen molar-refractivity contribution in [2.75, 3.05) is 46.9 Å². The molecule has 0 radical (unpaired) electrons. The topological polar surface area (TPSA) is 66.0 Å². The third kappa shape index (κ3) is 6.63. The fourth-order valence-electron chi connectivity index (χ4n) is 2.85. The highest BCUT2D eigenvalue weighted by Crippen LogP contribution is 2.50. The first kappa shape index (κ1) is 22.4. The van der Waals surface area contributed by atoms with Crippen LogP contribution in [0.5, 0.6) is 0 Å². The van der Waals surface area contributed by atoms with Gasteiger partial charge in [-0.15, -0.1) is 0 Å². The van der Waals surface area contributed by atoms with Crippen LogP contribution in [0.25, 0.3) is 0 Å². The van der Waals surface area contributed by atoms with Gasteiger partial charge >= 0.3 is 0 Å². The summed E-state index contributed by atoms with van der Waals surface area (Å²) in [5, 5.41) is 7.02. The van der Waals surface area contributed by atoms with Crippen LogP contribution in [0.2, 0.25) is 5.02 Å². The van der Waals surface area contributed by atoms with Crippen molar-refractivity contribution in [2.24, 2.45) is 4.99 Å². The first-order valence-corrected chi connectivity index (χ1v) is 10.0. The third-order valence-electron chi connectivity index (χ3n) is 4.78. The van der Waals surface area contributed by atoms with Crippen molar-refractivity contribution in [1.29, 1.82) is 0 Å². The summed E-state index contributed by atoms with van der Waals surface area (Å²) in [6.07, 6.45) is 2.78. The Morgan fingerprint density at radius 3 is 2.71 bits per heavy atom. The van der Waals surface area contributed by atoms with Gasteiger partial charge in [0.1, 0.15) is 12.4 Å². The molecule has 1 aromatic carbocycles. The van der Waals surface area contributed by atoms with Crippen LogP contribution in [0.3, 0.4) is 0 Å². The Bertz CT molecular complexity index is 693. The van der Waals surface area contributed by atoms with E-state index < -0.39 is 0 Å². The number of aliphatic imine (C=N–C) groups is 1. The summed E-state index contributed by atoms with van der Waals surface area (Å²) < 4.78 is 18.7. The van der Waals surface area contributed by atoms with Crippen LogP contribution in [0.1, 0.15) is 31.7 Å². The lowest BCUT2D eigenvalue weighted by atomic mass is 9.96. The lowest BCUT2D eigenvalue weighted by Crippen LogP contribution is -2.42. The molecule has 0 atom stereocenters. The maximum Gasteiger partial charge on any atom is 0.243 e. The van der Waals surface area contributed by atoms with Gasteiger partial charge in [0.25, 0.3) is 0 Å². The smallest absolute Gasteiger partial charge is 0.243 e. The predicted molar refractivity (Wildman–Crippen MR) is 110 cm³/mol. The SMILES string of the molecule is CCOCCCNC(=NCC(=O)N(C)C)NCC1(c2ccc(F)cc2Cl)CC1. The van der Waals surface area contributed by atoms with Gasteiger partial charge < -0.3 is 20.3 Å². The molecule has 6 nitrogen and oxygen atoms in total. The first-order valence-electron chi connectivity index (χ1n) is 9.63. The minimum atomic E-state index is -0.335. The van der Waals surface area contributed by atoms with Crippen LogP contribution in [-0.4, -0.2) is 63.7 Å². The van der Waals surface area contributed by atoms with Gasteiger partial charge in [-0.2, -0.15) is 0 Å². The minimum absolute atomic E-state index is 0.0676. The van der Waals surface area contributed by atoms with Crippen molar-refractivity contribution in [2.45, 2.75) is 31.6 Å². The summed E-state index contributed by atoms with van der Waals surface area (Å²) in [5.74, 6) is 0.173. The Balaban J connectivity index is 1.98. The van der Waals surface area contributed by atoms with Gasteiger partial charge in [0, 0.05) is 50.8 Å². The van der Waals surface area contributed by atoms with Crippen LogP contribution in [0, 0.1) is 5.82 Å². The monoisotopic (exact) mass is 412 g/mol. The Kier molecular flexibility index (Phi) is 8.51. The predicted octanol–water partition coefficient (Wildman–Crippen LogP) is 2.56. The second-order valence-electron chi connectivity index (χ2n) is 7.19. The van der Waals surface area contributed by atoms with E-state index in [0.29, 0.717) is 37.3 Å². The fourth-order valence-corrected chi connectivity index (χ4v) is 3.22. The zero-order valence-corrected chi connectivity index (χ0v) is 17.6. The summed E-state index contributed by atoms with van der Waals surface area (Å²) in [5.41, 5.74) is 0.826. The minimum Gasteiger partial charge on any atom is -0.382 e. The number of carbonyl (C=O) groups is 1. The molecule has 1 aliphatic carbocycles. The van der Waals surface area contributed by atoms with Gasteiger partial charge in [-0.3, -0.25) is 4.79 Å². The van der Waals surface area contributed by atoms with Crippen LogP contribution in [0.4, 0.5) is 4.39 Å². The number of amides is 1. The number of halogens is 2. The number of rotatable bonds is 10. The molecule has 1 aromatic rings. The number of likely N-dealkylation sites (N-methyl/N-ethyl adjacent to an activating group) is 1. The van der Waals surface area contributed by atoms with E-state index in [1.54, 1.807) is 20.2 Å². The molecule has 156 valence electrons. The quantitative estimate of drug-likeness (QED) is 0.352. The number of hydrogen-bond acceptors (Lipinski definition) is 3. The molecule has 1 saturated carbocycles. The van der Waals surface area contributed by atoms with Crippen molar-refractivity contribution in [1.82, 2.24) is 15.5 Å². The second kappa shape index (κ2) is 10.6. The number of guanidine groups is 1. The summed E-state index contributed by atoms with van der Waals surface area (Å²) in [6.45, 7) is 4.70. The number of benzene rings is 1. The molecule has 8 heteroatoms. The van der Waals surface area contributed by atoms with Gasteiger partial charge in [0.15, 0.2) is 5.96 Å². The van der Waals surface area contributed by atoms with Gasteiger partial charge in [0.05, 0.1) is 0 Å². The molecular weight excluding hydrogens is 383 g/mol. The van der Waals surface area contributed by atoms with Crippen LogP contribution >= 0.6 is 11.6 Å². The van der Waals surface area contributed by atoms with Gasteiger partial charge in [-0.05, 0) is 43.9 Å². The normalized spacial score (nSPS) is 15.2. The summed E-state index contributed by atoms with van der Waals surface area (Å²) >= 11 is 6.26. The molecule has 28 heavy (non-hydrogen) atoms. The lowest BCUT2D eigenvalue weighted by molar-refractivity contribution is -0.127. The highest BCUT2D eigenvalue weighted by atomic mass is 35.5. The zero-order valence-electron chi connectivity index (χ0n) is 16.9. The average Bonchev–Trinajstić information content (AvgIpc) is 3.43. The van der Waals surface area contributed by atoms with E-state index >= 15 is 0 Å². The standard InChI is InChI=1S/C20H30ClFN4O2/c1-4-28-11-5-10-23-19(24-13-18(27)26(2)3)25-14-20(8-9-20)16-7-6-15(22)12-17(16)21/h6-7,12H,4-5,8-11,13-14H2,1-3H3,(H2,23,24,25). The molecule has 0 bridgehead atoms. The molecule has 1 aliphatic rings. The van der Waals surface area contributed by atoms with Gasteiger partial charge in [-0.1, -0.05) is 17.7 Å². The Morgan fingerprint density at radius 1 is 1.36 bits per heavy atom. The summed E-state index contributed by atoms with van der Waals surface area (Å²) in [7, 11) is 3.41. The Morgan fingerprint density at radius 2 is 2.11 bits per heavy atom. The van der Waals surface area contributed by atoms with Crippen molar-refractivity contribution in [3.8, 4) is 0 Å². The van der Waals surface area contributed by atoms with Crippen molar-refractivity contribution >= 4 is 23.5 Å². The maximum atomic E-state index is 13.4. The number of nitrogens with zero attached hydrogens (tertiary/aromatic N) is 2. The highest BCUT2D eigenvalue weighted by Gasteiger charge is 2.45. The molecule has 0 saturated heterocycles. The molecule has 0 spiro atoms. The van der Waals surface area contributed by atoms with Crippen LogP contribution < -0.4 is 10.6 Å². The largest absolute Gasteiger partial charge is 0.382 e. The van der Waals surface area contributed by atoms with Crippen molar-refractivity contribution in [3.05, 3.63) is 34.6 Å². The highest BCUT2D eigenvalue weighted by molar-refractivity contribution is 6.31. The molecule has 0 heterocycles. The molecule has 0 unspecified atom stereocenters. The number of hydrogen-bond donors (Lipinski definition) is 2. The van der Waals surface area contributed by atoms with E-state index in [1.165, 1.54) is 17.0 Å². The zero-order chi connectivity index (χ0) is 20.6. The van der Waals surface area contributed by atoms with Crippen molar-refractivity contribution < 1.29 is 13.9 Å². The lowest BCUT2D eigenvalue weighted by Gasteiger charge is -2.20. The van der Waals surface area contributed by atoms with E-state index in [-0.39, 0.29) is 23.7 Å². The first-order chi connectivity index (χ1) is 13.4. The van der Waals surface area contributed by atoms with Crippen LogP contribution in [0.15, 0.2) is 23.2 Å². The number of nitrogens with one attached hydrogen (secondary N) is 2. The van der Waals surface area contributed by atoms with Crippen LogP contribution in [-0.2, 0) is 14.9 Å². The molecular formula is C20H30ClFN4O2. The molecule has 1 fully saturated rings. The Labute approximate surface area is 171 Å². The van der Waals surface area contributed by atoms with Gasteiger partial charge in [-0.25, -0.2) is 9.38 Å². The van der Waals surface area contributed by atoms with E-state index in [9.17, 15) is 9.18 Å². The Hall–Kier alpha value is -1.86. The van der Waals surface area contributed by atoms with E-state index in [1.807, 2.05) is 6.92 Å². The number of ether oxygens (including phenoxy) is 1. The molecule has 0 aromatic heterocycles.